The Hall–Kier alpha value is -2.83. The summed E-state index contributed by atoms with van der Waals surface area (Å²) in [5, 5.41) is 0. The molecular weight excluding hydrogens is 308 g/mol. The number of hydrogen-bond acceptors (Lipinski definition) is 5. The smallest absolute Gasteiger partial charge is 0.332 e. The molecule has 2 N–H and O–H groups in total. The average Bonchev–Trinajstić information content (AvgIpc) is 2.87. The SMILES string of the molecule is CC1Cc2ccccc2N1CC(=O)c1c(N)n(C)c(=O)n(C)c1=O. The maximum atomic E-state index is 12.8. The molecule has 0 spiro atoms. The Kier molecular flexibility index (Phi) is 3.79. The summed E-state index contributed by atoms with van der Waals surface area (Å²) in [7, 11) is 2.79. The van der Waals surface area contributed by atoms with Gasteiger partial charge in [0.2, 0.25) is 0 Å². The molecule has 1 aliphatic rings. The van der Waals surface area contributed by atoms with E-state index in [4.69, 9.17) is 5.73 Å². The second-order valence-electron chi connectivity index (χ2n) is 6.20. The van der Waals surface area contributed by atoms with Crippen LogP contribution in [-0.4, -0.2) is 27.5 Å². The van der Waals surface area contributed by atoms with Gasteiger partial charge in [0.05, 0.1) is 6.54 Å². The minimum Gasteiger partial charge on any atom is -0.384 e. The van der Waals surface area contributed by atoms with Crippen molar-refractivity contribution in [1.82, 2.24) is 9.13 Å². The molecule has 0 bridgehead atoms. The Morgan fingerprint density at radius 1 is 1.21 bits per heavy atom. The minimum atomic E-state index is -0.652. The molecular formula is C17H20N4O3. The van der Waals surface area contributed by atoms with Gasteiger partial charge in [-0.2, -0.15) is 0 Å². The van der Waals surface area contributed by atoms with Crippen LogP contribution in [0.15, 0.2) is 33.9 Å². The second kappa shape index (κ2) is 5.67. The largest absolute Gasteiger partial charge is 0.384 e. The zero-order valence-corrected chi connectivity index (χ0v) is 13.9. The van der Waals surface area contributed by atoms with E-state index >= 15 is 0 Å². The summed E-state index contributed by atoms with van der Waals surface area (Å²) in [6.07, 6.45) is 0.851. The predicted molar refractivity (Wildman–Crippen MR) is 92.6 cm³/mol. The van der Waals surface area contributed by atoms with Crippen LogP contribution in [0, 0.1) is 0 Å². The molecule has 1 aromatic heterocycles. The summed E-state index contributed by atoms with van der Waals surface area (Å²) in [5.74, 6) is -0.472. The van der Waals surface area contributed by atoms with Gasteiger partial charge in [0.1, 0.15) is 11.4 Å². The number of carbonyl (C=O) groups is 1. The Labute approximate surface area is 138 Å². The lowest BCUT2D eigenvalue weighted by Gasteiger charge is -2.24. The molecule has 0 saturated carbocycles. The fraction of sp³-hybridized carbons (Fsp3) is 0.353. The topological polar surface area (TPSA) is 90.3 Å². The van der Waals surface area contributed by atoms with Crippen molar-refractivity contribution in [2.24, 2.45) is 14.1 Å². The van der Waals surface area contributed by atoms with Crippen LogP contribution in [0.2, 0.25) is 0 Å². The molecule has 7 heteroatoms. The van der Waals surface area contributed by atoms with E-state index in [1.54, 1.807) is 0 Å². The summed E-state index contributed by atoms with van der Waals surface area (Å²) in [6, 6.07) is 8.06. The number of nitrogens with two attached hydrogens (primary N) is 1. The fourth-order valence-corrected chi connectivity index (χ4v) is 3.23. The van der Waals surface area contributed by atoms with E-state index < -0.39 is 11.2 Å². The molecule has 1 aliphatic heterocycles. The van der Waals surface area contributed by atoms with E-state index in [9.17, 15) is 14.4 Å². The molecule has 24 heavy (non-hydrogen) atoms. The molecule has 0 amide bonds. The molecule has 0 aliphatic carbocycles. The van der Waals surface area contributed by atoms with Crippen LogP contribution in [0.4, 0.5) is 11.5 Å². The summed E-state index contributed by atoms with van der Waals surface area (Å²) >= 11 is 0. The van der Waals surface area contributed by atoms with Gasteiger partial charge in [0.15, 0.2) is 5.78 Å². The first kappa shape index (κ1) is 16.0. The van der Waals surface area contributed by atoms with Gasteiger partial charge < -0.3 is 10.6 Å². The highest BCUT2D eigenvalue weighted by molar-refractivity contribution is 6.02. The Bertz CT molecular complexity index is 942. The lowest BCUT2D eigenvalue weighted by Crippen LogP contribution is -2.44. The van der Waals surface area contributed by atoms with Gasteiger partial charge in [-0.05, 0) is 25.0 Å². The van der Waals surface area contributed by atoms with Crippen LogP contribution in [0.1, 0.15) is 22.8 Å². The Morgan fingerprint density at radius 2 is 1.88 bits per heavy atom. The molecule has 1 atom stereocenters. The number of carbonyl (C=O) groups excluding carboxylic acids is 1. The van der Waals surface area contributed by atoms with Gasteiger partial charge >= 0.3 is 5.69 Å². The highest BCUT2D eigenvalue weighted by Crippen LogP contribution is 2.31. The van der Waals surface area contributed by atoms with E-state index in [-0.39, 0.29) is 29.8 Å². The van der Waals surface area contributed by atoms with Gasteiger partial charge in [-0.3, -0.25) is 18.7 Å². The number of hydrogen-bond donors (Lipinski definition) is 1. The first-order valence-corrected chi connectivity index (χ1v) is 7.76. The highest BCUT2D eigenvalue weighted by atomic mass is 16.2. The van der Waals surface area contributed by atoms with Crippen molar-refractivity contribution in [2.45, 2.75) is 19.4 Å². The van der Waals surface area contributed by atoms with Crippen LogP contribution >= 0.6 is 0 Å². The molecule has 7 nitrogen and oxygen atoms in total. The summed E-state index contributed by atoms with van der Waals surface area (Å²) in [6.45, 7) is 2.09. The highest BCUT2D eigenvalue weighted by Gasteiger charge is 2.29. The first-order chi connectivity index (χ1) is 11.3. The number of aromatic nitrogens is 2. The summed E-state index contributed by atoms with van der Waals surface area (Å²) < 4.78 is 2.03. The number of benzene rings is 1. The summed E-state index contributed by atoms with van der Waals surface area (Å²) in [5.41, 5.74) is 6.72. The maximum Gasteiger partial charge on any atom is 0.332 e. The minimum absolute atomic E-state index is 0.0514. The van der Waals surface area contributed by atoms with E-state index in [0.29, 0.717) is 0 Å². The third kappa shape index (κ3) is 2.33. The van der Waals surface area contributed by atoms with Crippen molar-refractivity contribution in [1.29, 1.82) is 0 Å². The van der Waals surface area contributed by atoms with Gasteiger partial charge in [-0.25, -0.2) is 4.79 Å². The number of nitrogens with zero attached hydrogens (tertiary/aromatic N) is 3. The van der Waals surface area contributed by atoms with Crippen molar-refractivity contribution in [2.75, 3.05) is 17.2 Å². The molecule has 0 radical (unpaired) electrons. The molecule has 0 fully saturated rings. The number of Topliss-reactive ketones (excluding diaryl/α,β-unsaturated/α-hetero) is 1. The van der Waals surface area contributed by atoms with Crippen LogP contribution in [-0.2, 0) is 20.5 Å². The maximum absolute atomic E-state index is 12.8. The van der Waals surface area contributed by atoms with Crippen molar-refractivity contribution < 1.29 is 4.79 Å². The number of rotatable bonds is 3. The van der Waals surface area contributed by atoms with Gasteiger partial charge in [-0.15, -0.1) is 0 Å². The molecule has 1 aromatic carbocycles. The van der Waals surface area contributed by atoms with E-state index in [0.717, 1.165) is 21.2 Å². The first-order valence-electron chi connectivity index (χ1n) is 7.76. The third-order valence-electron chi connectivity index (χ3n) is 4.65. The van der Waals surface area contributed by atoms with Crippen molar-refractivity contribution in [3.05, 3.63) is 56.2 Å². The standard InChI is InChI=1S/C17H20N4O3/c1-10-8-11-6-4-5-7-12(11)21(10)9-13(22)14-15(18)19(2)17(24)20(3)16(14)23/h4-7,10H,8-9,18H2,1-3H3. The van der Waals surface area contributed by atoms with Crippen LogP contribution < -0.4 is 21.9 Å². The molecule has 3 rings (SSSR count). The Balaban J connectivity index is 2.01. The van der Waals surface area contributed by atoms with Crippen LogP contribution in [0.3, 0.4) is 0 Å². The van der Waals surface area contributed by atoms with Crippen molar-refractivity contribution >= 4 is 17.3 Å². The second-order valence-corrected chi connectivity index (χ2v) is 6.20. The number of nitrogen functional groups attached to an aromatic ring is 1. The Morgan fingerprint density at radius 3 is 2.58 bits per heavy atom. The third-order valence-corrected chi connectivity index (χ3v) is 4.65. The van der Waals surface area contributed by atoms with Gasteiger partial charge in [-0.1, -0.05) is 18.2 Å². The zero-order valence-electron chi connectivity index (χ0n) is 13.9. The zero-order chi connectivity index (χ0) is 17.6. The van der Waals surface area contributed by atoms with E-state index in [1.165, 1.54) is 19.7 Å². The normalized spacial score (nSPS) is 16.3. The van der Waals surface area contributed by atoms with Crippen molar-refractivity contribution in [3.63, 3.8) is 0 Å². The number of fused-ring (bicyclic) bond motifs is 1. The quantitative estimate of drug-likeness (QED) is 0.819. The summed E-state index contributed by atoms with van der Waals surface area (Å²) in [4.78, 5) is 38.9. The lowest BCUT2D eigenvalue weighted by atomic mass is 10.1. The predicted octanol–water partition coefficient (Wildman–Crippen LogP) is 0.300. The molecule has 126 valence electrons. The number of ketones is 1. The molecule has 2 aromatic rings. The molecule has 1 unspecified atom stereocenters. The van der Waals surface area contributed by atoms with Crippen LogP contribution in [0.25, 0.3) is 0 Å². The average molecular weight is 328 g/mol. The fourth-order valence-electron chi connectivity index (χ4n) is 3.23. The van der Waals surface area contributed by atoms with Crippen molar-refractivity contribution in [3.8, 4) is 0 Å². The monoisotopic (exact) mass is 328 g/mol. The van der Waals surface area contributed by atoms with Gasteiger partial charge in [0, 0.05) is 25.8 Å². The lowest BCUT2D eigenvalue weighted by molar-refractivity contribution is 0.0995. The molecule has 2 heterocycles. The number of anilines is 2. The molecule has 0 saturated heterocycles. The number of para-hydroxylation sites is 1. The van der Waals surface area contributed by atoms with Crippen LogP contribution in [0.5, 0.6) is 0 Å². The van der Waals surface area contributed by atoms with E-state index in [1.807, 2.05) is 36.1 Å². The van der Waals surface area contributed by atoms with E-state index in [2.05, 4.69) is 0 Å². The van der Waals surface area contributed by atoms with Gasteiger partial charge in [0.25, 0.3) is 5.56 Å².